The van der Waals surface area contributed by atoms with Gasteiger partial charge in [0.1, 0.15) is 0 Å². The topological polar surface area (TPSA) is 32.3 Å². The van der Waals surface area contributed by atoms with Crippen molar-refractivity contribution in [3.05, 3.63) is 58.3 Å². The molecule has 0 aliphatic carbocycles. The van der Waals surface area contributed by atoms with Crippen LogP contribution in [0.15, 0.2) is 47.8 Å². The Morgan fingerprint density at radius 3 is 2.85 bits per heavy atom. The third-order valence-corrected chi connectivity index (χ3v) is 4.52. The normalized spacial score (nSPS) is 19.0. The van der Waals surface area contributed by atoms with Crippen molar-refractivity contribution in [3.8, 4) is 0 Å². The van der Waals surface area contributed by atoms with E-state index in [1.54, 1.807) is 0 Å². The van der Waals surface area contributed by atoms with Crippen LogP contribution in [0.4, 0.5) is 0 Å². The van der Waals surface area contributed by atoms with E-state index in [0.29, 0.717) is 0 Å². The van der Waals surface area contributed by atoms with Crippen LogP contribution in [0.5, 0.6) is 0 Å². The number of piperazine rings is 1. The molecule has 0 spiro atoms. The summed E-state index contributed by atoms with van der Waals surface area (Å²) in [6.45, 7) is 2.53. The number of rotatable bonds is 3. The first-order chi connectivity index (χ1) is 9.84. The van der Waals surface area contributed by atoms with Crippen molar-refractivity contribution in [2.45, 2.75) is 12.5 Å². The van der Waals surface area contributed by atoms with Crippen LogP contribution in [0.3, 0.4) is 0 Å². The first kappa shape index (κ1) is 13.3. The molecule has 1 aromatic carbocycles. The van der Waals surface area contributed by atoms with Gasteiger partial charge in [-0.15, -0.1) is 11.3 Å². The lowest BCUT2D eigenvalue weighted by Crippen LogP contribution is -2.54. The van der Waals surface area contributed by atoms with E-state index in [1.807, 2.05) is 28.5 Å². The van der Waals surface area contributed by atoms with Crippen molar-refractivity contribution in [1.82, 2.24) is 10.2 Å². The Balaban J connectivity index is 1.76. The van der Waals surface area contributed by atoms with Gasteiger partial charge in [0.2, 0.25) is 0 Å². The Hall–Kier alpha value is -1.65. The number of carbonyl (C=O) groups excluding carboxylic acids is 1. The second kappa shape index (κ2) is 6.20. The van der Waals surface area contributed by atoms with Crippen LogP contribution in [0.25, 0.3) is 0 Å². The van der Waals surface area contributed by atoms with E-state index < -0.39 is 0 Å². The minimum atomic E-state index is 0.169. The highest BCUT2D eigenvalue weighted by atomic mass is 32.1. The number of carbonyl (C=O) groups is 1. The van der Waals surface area contributed by atoms with Gasteiger partial charge in [0, 0.05) is 25.7 Å². The summed E-state index contributed by atoms with van der Waals surface area (Å²) in [4.78, 5) is 15.4. The van der Waals surface area contributed by atoms with Gasteiger partial charge in [-0.25, -0.2) is 0 Å². The molecule has 1 aliphatic rings. The van der Waals surface area contributed by atoms with Gasteiger partial charge in [0.15, 0.2) is 0 Å². The van der Waals surface area contributed by atoms with Crippen molar-refractivity contribution in [3.63, 3.8) is 0 Å². The Morgan fingerprint density at radius 1 is 1.25 bits per heavy atom. The lowest BCUT2D eigenvalue weighted by atomic mass is 10.0. The molecular weight excluding hydrogens is 268 g/mol. The molecule has 1 saturated heterocycles. The van der Waals surface area contributed by atoms with Gasteiger partial charge in [-0.3, -0.25) is 4.79 Å². The zero-order valence-corrected chi connectivity index (χ0v) is 12.1. The first-order valence-corrected chi connectivity index (χ1v) is 7.81. The van der Waals surface area contributed by atoms with Crippen LogP contribution in [0.1, 0.15) is 15.2 Å². The van der Waals surface area contributed by atoms with Crippen LogP contribution in [-0.4, -0.2) is 36.5 Å². The van der Waals surface area contributed by atoms with Crippen molar-refractivity contribution >= 4 is 17.2 Å². The predicted molar refractivity (Wildman–Crippen MR) is 82.2 cm³/mol. The molecule has 1 unspecified atom stereocenters. The van der Waals surface area contributed by atoms with Crippen LogP contribution in [0, 0.1) is 0 Å². The van der Waals surface area contributed by atoms with Gasteiger partial charge in [0.05, 0.1) is 4.88 Å². The average molecular weight is 286 g/mol. The molecular formula is C16H18N2OS. The Kier molecular flexibility index (Phi) is 4.14. The summed E-state index contributed by atoms with van der Waals surface area (Å²) < 4.78 is 0. The van der Waals surface area contributed by atoms with Crippen molar-refractivity contribution in [2.24, 2.45) is 0 Å². The van der Waals surface area contributed by atoms with E-state index in [1.165, 1.54) is 16.9 Å². The third-order valence-electron chi connectivity index (χ3n) is 3.66. The van der Waals surface area contributed by atoms with Gasteiger partial charge >= 0.3 is 0 Å². The third kappa shape index (κ3) is 2.92. The summed E-state index contributed by atoms with van der Waals surface area (Å²) in [5.74, 6) is 0.169. The maximum atomic E-state index is 12.6. The molecule has 3 nitrogen and oxygen atoms in total. The molecule has 3 rings (SSSR count). The number of thiophene rings is 1. The monoisotopic (exact) mass is 286 g/mol. The number of benzene rings is 1. The summed E-state index contributed by atoms with van der Waals surface area (Å²) in [6.07, 6.45) is 0.908. The van der Waals surface area contributed by atoms with E-state index in [4.69, 9.17) is 0 Å². The van der Waals surface area contributed by atoms with Gasteiger partial charge < -0.3 is 10.2 Å². The molecule has 1 fully saturated rings. The lowest BCUT2D eigenvalue weighted by molar-refractivity contribution is 0.0641. The molecule has 1 atom stereocenters. The molecule has 1 N–H and O–H groups in total. The number of nitrogens with one attached hydrogen (secondary N) is 1. The summed E-state index contributed by atoms with van der Waals surface area (Å²) in [5.41, 5.74) is 1.28. The summed E-state index contributed by atoms with van der Waals surface area (Å²) >= 11 is 1.52. The van der Waals surface area contributed by atoms with Gasteiger partial charge in [0.25, 0.3) is 5.91 Å². The number of hydrogen-bond donors (Lipinski definition) is 1. The minimum absolute atomic E-state index is 0.169. The molecule has 4 heteroatoms. The molecule has 20 heavy (non-hydrogen) atoms. The fourth-order valence-corrected chi connectivity index (χ4v) is 3.32. The molecule has 2 heterocycles. The molecule has 104 valence electrons. The highest BCUT2D eigenvalue weighted by Gasteiger charge is 2.27. The van der Waals surface area contributed by atoms with Crippen LogP contribution < -0.4 is 5.32 Å². The number of amides is 1. The van der Waals surface area contributed by atoms with Crippen molar-refractivity contribution in [1.29, 1.82) is 0 Å². The van der Waals surface area contributed by atoms with Crippen LogP contribution >= 0.6 is 11.3 Å². The fourth-order valence-electron chi connectivity index (χ4n) is 2.64. The maximum absolute atomic E-state index is 12.6. The maximum Gasteiger partial charge on any atom is 0.264 e. The van der Waals surface area contributed by atoms with E-state index >= 15 is 0 Å². The standard InChI is InChI=1S/C16H18N2OS/c19-16(15-7-4-10-20-15)18-9-8-17-12-14(18)11-13-5-2-1-3-6-13/h1-7,10,14,17H,8-9,11-12H2. The molecule has 0 bridgehead atoms. The van der Waals surface area contributed by atoms with E-state index in [9.17, 15) is 4.79 Å². The fraction of sp³-hybridized carbons (Fsp3) is 0.312. The Labute approximate surface area is 123 Å². The molecule has 1 aromatic heterocycles. The number of hydrogen-bond acceptors (Lipinski definition) is 3. The van der Waals surface area contributed by atoms with Crippen LogP contribution in [-0.2, 0) is 6.42 Å². The van der Waals surface area contributed by atoms with Crippen LogP contribution in [0.2, 0.25) is 0 Å². The molecule has 0 radical (unpaired) electrons. The van der Waals surface area contributed by atoms with Gasteiger partial charge in [-0.2, -0.15) is 0 Å². The predicted octanol–water partition coefficient (Wildman–Crippen LogP) is 2.40. The molecule has 2 aromatic rings. The second-order valence-corrected chi connectivity index (χ2v) is 5.97. The minimum Gasteiger partial charge on any atom is -0.332 e. The summed E-state index contributed by atoms with van der Waals surface area (Å²) in [5, 5.41) is 5.35. The number of nitrogens with zero attached hydrogens (tertiary/aromatic N) is 1. The lowest BCUT2D eigenvalue weighted by Gasteiger charge is -2.36. The smallest absolute Gasteiger partial charge is 0.264 e. The largest absolute Gasteiger partial charge is 0.332 e. The quantitative estimate of drug-likeness (QED) is 0.940. The zero-order chi connectivity index (χ0) is 13.8. The van der Waals surface area contributed by atoms with E-state index in [0.717, 1.165) is 30.9 Å². The average Bonchev–Trinajstić information content (AvgIpc) is 3.02. The van der Waals surface area contributed by atoms with E-state index in [2.05, 4.69) is 29.6 Å². The first-order valence-electron chi connectivity index (χ1n) is 6.94. The molecule has 1 amide bonds. The van der Waals surface area contributed by atoms with Crippen molar-refractivity contribution in [2.75, 3.05) is 19.6 Å². The Bertz CT molecular complexity index is 553. The van der Waals surface area contributed by atoms with Crippen molar-refractivity contribution < 1.29 is 4.79 Å². The Morgan fingerprint density at radius 2 is 2.10 bits per heavy atom. The summed E-state index contributed by atoms with van der Waals surface area (Å²) in [6, 6.07) is 14.5. The second-order valence-electron chi connectivity index (χ2n) is 5.02. The highest BCUT2D eigenvalue weighted by Crippen LogP contribution is 2.17. The highest BCUT2D eigenvalue weighted by molar-refractivity contribution is 7.12. The SMILES string of the molecule is O=C(c1cccs1)N1CCNCC1Cc1ccccc1. The van der Waals surface area contributed by atoms with Gasteiger partial charge in [-0.05, 0) is 23.4 Å². The zero-order valence-electron chi connectivity index (χ0n) is 11.3. The molecule has 0 saturated carbocycles. The molecule has 1 aliphatic heterocycles. The van der Waals surface area contributed by atoms with Gasteiger partial charge in [-0.1, -0.05) is 36.4 Å². The van der Waals surface area contributed by atoms with E-state index in [-0.39, 0.29) is 11.9 Å². The summed E-state index contributed by atoms with van der Waals surface area (Å²) in [7, 11) is 0.